The van der Waals surface area contributed by atoms with Gasteiger partial charge in [-0.3, -0.25) is 0 Å². The topological polar surface area (TPSA) is 85.9 Å². The van der Waals surface area contributed by atoms with Crippen LogP contribution in [0.5, 0.6) is 0 Å². The van der Waals surface area contributed by atoms with Gasteiger partial charge in [0.05, 0.1) is 0 Å². The molecule has 0 saturated heterocycles. The summed E-state index contributed by atoms with van der Waals surface area (Å²) in [5.41, 5.74) is 0.824. The molecular weight excluding hydrogens is 257 g/mol. The third-order valence-electron chi connectivity index (χ3n) is 1.67. The number of rotatable bonds is 2. The molecule has 0 amide bonds. The van der Waals surface area contributed by atoms with E-state index in [0.717, 1.165) is 16.9 Å². The summed E-state index contributed by atoms with van der Waals surface area (Å²) in [5, 5.41) is 12.8. The maximum absolute atomic E-state index is 11.0. The van der Waals surface area contributed by atoms with E-state index in [1.807, 2.05) is 30.3 Å². The molecule has 16 heavy (non-hydrogen) atoms. The van der Waals surface area contributed by atoms with Gasteiger partial charge < -0.3 is 0 Å². The zero-order chi connectivity index (χ0) is 10.9. The summed E-state index contributed by atoms with van der Waals surface area (Å²) in [7, 11) is -3.75. The molecule has 2 aromatic rings. The molecule has 0 aliphatic rings. The number of hydrogen-bond donors (Lipinski definition) is 1. The molecule has 0 bridgehead atoms. The first-order valence-corrected chi connectivity index (χ1v) is 6.35. The SMILES string of the molecule is NS(=O)(=O)c1nnc(-c2ccccc2)s1.[NaH]. The Labute approximate surface area is 119 Å². The summed E-state index contributed by atoms with van der Waals surface area (Å²) < 4.78 is 21.8. The zero-order valence-corrected chi connectivity index (χ0v) is 9.12. The van der Waals surface area contributed by atoms with Crippen molar-refractivity contribution in [1.82, 2.24) is 10.2 Å². The minimum atomic E-state index is -3.75. The number of sulfonamides is 1. The van der Waals surface area contributed by atoms with Crippen molar-refractivity contribution in [2.75, 3.05) is 0 Å². The van der Waals surface area contributed by atoms with Crippen molar-refractivity contribution in [2.45, 2.75) is 4.34 Å². The van der Waals surface area contributed by atoms with E-state index < -0.39 is 10.0 Å². The molecule has 0 saturated carbocycles. The quantitative estimate of drug-likeness (QED) is 0.786. The summed E-state index contributed by atoms with van der Waals surface area (Å²) in [6.45, 7) is 0. The molecule has 0 spiro atoms. The molecule has 0 atom stereocenters. The van der Waals surface area contributed by atoms with Gasteiger partial charge in [0.2, 0.25) is 4.34 Å². The third kappa shape index (κ3) is 3.09. The normalized spacial score (nSPS) is 10.8. The Hall–Kier alpha value is -0.310. The molecule has 1 aromatic carbocycles. The number of nitrogens with zero attached hydrogens (tertiary/aromatic N) is 2. The van der Waals surface area contributed by atoms with Gasteiger partial charge >= 0.3 is 29.6 Å². The second-order valence-electron chi connectivity index (χ2n) is 2.78. The summed E-state index contributed by atoms with van der Waals surface area (Å²) >= 11 is 0.958. The Morgan fingerprint density at radius 1 is 1.12 bits per heavy atom. The van der Waals surface area contributed by atoms with Crippen LogP contribution in [0.3, 0.4) is 0 Å². The van der Waals surface area contributed by atoms with Crippen LogP contribution in [0.4, 0.5) is 0 Å². The molecule has 80 valence electrons. The molecular formula is C8H8N3NaO2S2. The molecule has 0 radical (unpaired) electrons. The summed E-state index contributed by atoms with van der Waals surface area (Å²) in [6, 6.07) is 9.20. The van der Waals surface area contributed by atoms with Crippen LogP contribution in [-0.4, -0.2) is 48.2 Å². The van der Waals surface area contributed by atoms with Crippen molar-refractivity contribution >= 4 is 50.9 Å². The van der Waals surface area contributed by atoms with Crippen LogP contribution in [0.15, 0.2) is 34.7 Å². The van der Waals surface area contributed by atoms with E-state index in [1.165, 1.54) is 0 Å². The average molecular weight is 265 g/mol. The third-order valence-corrected chi connectivity index (χ3v) is 3.95. The van der Waals surface area contributed by atoms with Crippen LogP contribution in [0.2, 0.25) is 0 Å². The van der Waals surface area contributed by atoms with Crippen LogP contribution in [0, 0.1) is 0 Å². The second-order valence-corrected chi connectivity index (χ2v) is 5.50. The van der Waals surface area contributed by atoms with Gasteiger partial charge in [-0.25, -0.2) is 13.6 Å². The Bertz CT molecular complexity index is 568. The van der Waals surface area contributed by atoms with Gasteiger partial charge in [-0.2, -0.15) is 0 Å². The number of benzene rings is 1. The molecule has 1 aromatic heterocycles. The van der Waals surface area contributed by atoms with Gasteiger partial charge in [0.25, 0.3) is 10.0 Å². The Morgan fingerprint density at radius 3 is 2.25 bits per heavy atom. The van der Waals surface area contributed by atoms with E-state index in [-0.39, 0.29) is 33.9 Å². The monoisotopic (exact) mass is 265 g/mol. The van der Waals surface area contributed by atoms with Gasteiger partial charge in [-0.1, -0.05) is 41.7 Å². The molecule has 1 heterocycles. The number of nitrogens with two attached hydrogens (primary N) is 1. The van der Waals surface area contributed by atoms with Crippen molar-refractivity contribution in [1.29, 1.82) is 0 Å². The standard InChI is InChI=1S/C8H7N3O2S2.Na.H/c9-15(12,13)8-11-10-7(14-8)6-4-2-1-3-5-6;;/h1-5H,(H2,9,12,13);;. The summed E-state index contributed by atoms with van der Waals surface area (Å²) in [6.07, 6.45) is 0. The fourth-order valence-corrected chi connectivity index (χ4v) is 2.46. The van der Waals surface area contributed by atoms with Gasteiger partial charge in [-0.15, -0.1) is 10.2 Å². The van der Waals surface area contributed by atoms with E-state index in [2.05, 4.69) is 10.2 Å². The Kier molecular flexibility index (Phi) is 4.60. The summed E-state index contributed by atoms with van der Waals surface area (Å²) in [5.74, 6) is 0. The van der Waals surface area contributed by atoms with Crippen LogP contribution < -0.4 is 5.14 Å². The first-order valence-electron chi connectivity index (χ1n) is 3.99. The zero-order valence-electron chi connectivity index (χ0n) is 7.49. The molecule has 0 unspecified atom stereocenters. The van der Waals surface area contributed by atoms with Crippen molar-refractivity contribution in [2.24, 2.45) is 5.14 Å². The van der Waals surface area contributed by atoms with Crippen molar-refractivity contribution in [3.05, 3.63) is 30.3 Å². The van der Waals surface area contributed by atoms with Gasteiger partial charge in [0, 0.05) is 5.56 Å². The average Bonchev–Trinajstić information content (AvgIpc) is 2.67. The number of aromatic nitrogens is 2. The second kappa shape index (κ2) is 5.35. The Morgan fingerprint density at radius 2 is 1.75 bits per heavy atom. The van der Waals surface area contributed by atoms with Gasteiger partial charge in [-0.05, 0) is 0 Å². The fraction of sp³-hybridized carbons (Fsp3) is 0. The van der Waals surface area contributed by atoms with E-state index in [9.17, 15) is 8.42 Å². The molecule has 0 fully saturated rings. The van der Waals surface area contributed by atoms with E-state index in [0.29, 0.717) is 5.01 Å². The number of hydrogen-bond acceptors (Lipinski definition) is 5. The maximum atomic E-state index is 11.0. The molecule has 2 rings (SSSR count). The van der Waals surface area contributed by atoms with Crippen LogP contribution in [0.25, 0.3) is 10.6 Å². The Balaban J connectivity index is 0.00000128. The van der Waals surface area contributed by atoms with Crippen LogP contribution >= 0.6 is 11.3 Å². The number of primary sulfonamides is 1. The molecule has 5 nitrogen and oxygen atoms in total. The van der Waals surface area contributed by atoms with Gasteiger partial charge in [0.15, 0.2) is 0 Å². The predicted octanol–water partition coefficient (Wildman–Crippen LogP) is 0.204. The first-order chi connectivity index (χ1) is 7.07. The van der Waals surface area contributed by atoms with E-state index in [1.54, 1.807) is 0 Å². The van der Waals surface area contributed by atoms with Crippen LogP contribution in [0.1, 0.15) is 0 Å². The van der Waals surface area contributed by atoms with E-state index in [4.69, 9.17) is 5.14 Å². The van der Waals surface area contributed by atoms with Crippen molar-refractivity contribution in [3.8, 4) is 10.6 Å². The molecule has 0 aliphatic carbocycles. The molecule has 0 aliphatic heterocycles. The fourth-order valence-electron chi connectivity index (χ4n) is 1.02. The minimum absolute atomic E-state index is 0. The molecule has 8 heteroatoms. The van der Waals surface area contributed by atoms with Crippen molar-refractivity contribution < 1.29 is 8.42 Å². The van der Waals surface area contributed by atoms with Gasteiger partial charge in [0.1, 0.15) is 5.01 Å². The predicted molar refractivity (Wildman–Crippen MR) is 63.9 cm³/mol. The summed E-state index contributed by atoms with van der Waals surface area (Å²) in [4.78, 5) is 0. The van der Waals surface area contributed by atoms with Crippen LogP contribution in [-0.2, 0) is 10.0 Å². The van der Waals surface area contributed by atoms with Crippen molar-refractivity contribution in [3.63, 3.8) is 0 Å². The van der Waals surface area contributed by atoms with E-state index >= 15 is 0 Å². The molecule has 2 N–H and O–H groups in total. The first kappa shape index (κ1) is 13.8.